The van der Waals surface area contributed by atoms with Crippen molar-refractivity contribution < 1.29 is 23.6 Å². The van der Waals surface area contributed by atoms with Crippen LogP contribution in [0.25, 0.3) is 0 Å². The molecule has 3 N–H and O–H groups in total. The SMILES string of the molecule is CCCc1cc(Cl)ccc1C1COc2ccc3cc2N(C1)CC1CCC1[C@H](CCC1CCCCN1)/C=C/CC(C)C(C)S(=O)NC3=O.COCCO. The molecule has 1 aliphatic carbocycles. The normalized spacial score (nSPS) is 30.0. The molecule has 52 heavy (non-hydrogen) atoms. The van der Waals surface area contributed by atoms with Gasteiger partial charge in [0.1, 0.15) is 16.7 Å². The van der Waals surface area contributed by atoms with Crippen LogP contribution < -0.4 is 19.7 Å². The Hall–Kier alpha value is -2.43. The van der Waals surface area contributed by atoms with Crippen LogP contribution in [-0.2, 0) is 22.1 Å². The molecular formula is C42H62ClN3O5S. The second-order valence-electron chi connectivity index (χ2n) is 15.4. The molecule has 4 aliphatic rings. The smallest absolute Gasteiger partial charge is 0.263 e. The summed E-state index contributed by atoms with van der Waals surface area (Å²) in [6.07, 6.45) is 16.6. The minimum atomic E-state index is -1.48. The summed E-state index contributed by atoms with van der Waals surface area (Å²) in [6.45, 7) is 10.4. The number of hydrogen-bond donors (Lipinski definition) is 3. The Balaban J connectivity index is 0.000000979. The van der Waals surface area contributed by atoms with Crippen molar-refractivity contribution in [1.82, 2.24) is 10.0 Å². The van der Waals surface area contributed by atoms with Crippen LogP contribution in [0.1, 0.15) is 106 Å². The maximum Gasteiger partial charge on any atom is 0.263 e. The van der Waals surface area contributed by atoms with E-state index in [0.717, 1.165) is 55.4 Å². The molecule has 2 aromatic carbocycles. The van der Waals surface area contributed by atoms with Gasteiger partial charge in [-0.2, -0.15) is 0 Å². The zero-order valence-corrected chi connectivity index (χ0v) is 33.4. The minimum Gasteiger partial charge on any atom is -0.491 e. The Kier molecular flexibility index (Phi) is 15.9. The topological polar surface area (TPSA) is 100 Å². The Labute approximate surface area is 320 Å². The number of allylic oxidation sites excluding steroid dienone is 2. The number of fused-ring (bicyclic) bond motifs is 2. The van der Waals surface area contributed by atoms with Gasteiger partial charge in [0.05, 0.1) is 30.8 Å². The molecule has 0 radical (unpaired) electrons. The van der Waals surface area contributed by atoms with Crippen molar-refractivity contribution in [2.45, 2.75) is 102 Å². The lowest BCUT2D eigenvalue weighted by Crippen LogP contribution is -2.43. The molecule has 0 spiro atoms. The number of methoxy groups -OCH3 is 1. The molecule has 3 aliphatic heterocycles. The molecule has 1 saturated carbocycles. The minimum absolute atomic E-state index is 0.122. The van der Waals surface area contributed by atoms with E-state index in [4.69, 9.17) is 21.4 Å². The molecule has 1 amide bonds. The van der Waals surface area contributed by atoms with Crippen molar-refractivity contribution in [3.05, 3.63) is 70.3 Å². The van der Waals surface area contributed by atoms with E-state index >= 15 is 0 Å². The third-order valence-corrected chi connectivity index (χ3v) is 13.5. The van der Waals surface area contributed by atoms with Crippen molar-refractivity contribution in [2.75, 3.05) is 51.5 Å². The fraction of sp³-hybridized carbons (Fsp3) is 0.643. The van der Waals surface area contributed by atoms with Gasteiger partial charge in [-0.3, -0.25) is 9.52 Å². The molecule has 2 fully saturated rings. The highest BCUT2D eigenvalue weighted by atomic mass is 35.5. The van der Waals surface area contributed by atoms with Gasteiger partial charge < -0.3 is 24.8 Å². The molecule has 8 nitrogen and oxygen atoms in total. The zero-order chi connectivity index (χ0) is 37.0. The monoisotopic (exact) mass is 755 g/mol. The molecule has 7 unspecified atom stereocenters. The fourth-order valence-corrected chi connectivity index (χ4v) is 9.56. The number of carbonyl (C=O) groups is 1. The summed E-state index contributed by atoms with van der Waals surface area (Å²) in [5.41, 5.74) is 4.09. The number of piperidine rings is 1. The highest BCUT2D eigenvalue weighted by Crippen LogP contribution is 2.45. The number of hydrogen-bond acceptors (Lipinski definition) is 7. The Bertz CT molecular complexity index is 1500. The molecule has 1 saturated heterocycles. The summed E-state index contributed by atoms with van der Waals surface area (Å²) in [4.78, 5) is 16.0. The van der Waals surface area contributed by atoms with Gasteiger partial charge in [0.25, 0.3) is 5.91 Å². The van der Waals surface area contributed by atoms with Gasteiger partial charge in [0, 0.05) is 42.7 Å². The molecule has 10 heteroatoms. The summed E-state index contributed by atoms with van der Waals surface area (Å²) in [5.74, 6) is 2.63. The number of nitrogens with one attached hydrogen (secondary N) is 2. The van der Waals surface area contributed by atoms with Gasteiger partial charge in [0.15, 0.2) is 0 Å². The van der Waals surface area contributed by atoms with E-state index in [1.807, 2.05) is 31.2 Å². The second-order valence-corrected chi connectivity index (χ2v) is 17.3. The van der Waals surface area contributed by atoms with Crippen LogP contribution in [0.2, 0.25) is 5.02 Å². The first-order valence-electron chi connectivity index (χ1n) is 19.7. The van der Waals surface area contributed by atoms with E-state index in [-0.39, 0.29) is 29.6 Å². The predicted octanol–water partition coefficient (Wildman–Crippen LogP) is 7.84. The maximum atomic E-state index is 13.5. The number of halogens is 1. The van der Waals surface area contributed by atoms with Crippen molar-refractivity contribution in [3.8, 4) is 5.75 Å². The summed E-state index contributed by atoms with van der Waals surface area (Å²) in [7, 11) is 0.0674. The summed E-state index contributed by atoms with van der Waals surface area (Å²) < 4.78 is 27.2. The molecule has 2 aromatic rings. The van der Waals surface area contributed by atoms with Crippen LogP contribution in [0, 0.1) is 23.7 Å². The van der Waals surface area contributed by atoms with Crippen LogP contribution in [0.5, 0.6) is 5.75 Å². The van der Waals surface area contributed by atoms with Crippen LogP contribution in [0.15, 0.2) is 48.6 Å². The number of amides is 1. The number of rotatable bonds is 8. The Morgan fingerprint density at radius 1 is 1.08 bits per heavy atom. The van der Waals surface area contributed by atoms with E-state index in [1.165, 1.54) is 56.1 Å². The van der Waals surface area contributed by atoms with Crippen molar-refractivity contribution in [3.63, 3.8) is 0 Å². The van der Waals surface area contributed by atoms with Crippen LogP contribution in [-0.4, -0.2) is 73.1 Å². The third kappa shape index (κ3) is 10.8. The molecule has 0 aromatic heterocycles. The number of aliphatic hydroxyl groups is 1. The Morgan fingerprint density at radius 2 is 1.92 bits per heavy atom. The van der Waals surface area contributed by atoms with Crippen molar-refractivity contribution in [1.29, 1.82) is 0 Å². The highest BCUT2D eigenvalue weighted by Gasteiger charge is 2.39. The van der Waals surface area contributed by atoms with E-state index in [1.54, 1.807) is 7.11 Å². The molecule has 8 atom stereocenters. The average Bonchev–Trinajstić information content (AvgIpc) is 3.31. The van der Waals surface area contributed by atoms with Gasteiger partial charge in [-0.25, -0.2) is 4.21 Å². The van der Waals surface area contributed by atoms with Gasteiger partial charge in [-0.05, 0) is 130 Å². The lowest BCUT2D eigenvalue weighted by Gasteiger charge is -2.45. The summed E-state index contributed by atoms with van der Waals surface area (Å²) >= 11 is 6.47. The Morgan fingerprint density at radius 3 is 2.62 bits per heavy atom. The van der Waals surface area contributed by atoms with E-state index in [2.05, 4.69) is 57.8 Å². The van der Waals surface area contributed by atoms with Crippen LogP contribution in [0.4, 0.5) is 5.69 Å². The molecule has 3 heterocycles. The number of benzene rings is 2. The van der Waals surface area contributed by atoms with Crippen LogP contribution in [0.3, 0.4) is 0 Å². The van der Waals surface area contributed by atoms with Gasteiger partial charge in [-0.15, -0.1) is 0 Å². The fourth-order valence-electron chi connectivity index (χ4n) is 8.35. The van der Waals surface area contributed by atoms with E-state index in [0.29, 0.717) is 42.6 Å². The maximum absolute atomic E-state index is 13.5. The lowest BCUT2D eigenvalue weighted by atomic mass is 9.65. The quantitative estimate of drug-likeness (QED) is 0.236. The van der Waals surface area contributed by atoms with Gasteiger partial charge in [0.2, 0.25) is 0 Å². The molecular weight excluding hydrogens is 694 g/mol. The first-order valence-corrected chi connectivity index (χ1v) is 21.3. The van der Waals surface area contributed by atoms with Crippen molar-refractivity contribution >= 4 is 34.2 Å². The van der Waals surface area contributed by atoms with Gasteiger partial charge in [-0.1, -0.05) is 56.5 Å². The first kappa shape index (κ1) is 40.7. The van der Waals surface area contributed by atoms with E-state index < -0.39 is 11.0 Å². The molecule has 6 rings (SSSR count). The van der Waals surface area contributed by atoms with Crippen LogP contribution >= 0.6 is 11.6 Å². The van der Waals surface area contributed by atoms with Crippen molar-refractivity contribution in [2.24, 2.45) is 23.7 Å². The first-order chi connectivity index (χ1) is 25.2. The molecule has 288 valence electrons. The van der Waals surface area contributed by atoms with E-state index in [9.17, 15) is 9.00 Å². The second kappa shape index (κ2) is 20.3. The number of nitrogens with zero attached hydrogens (tertiary/aromatic N) is 1. The number of ether oxygens (including phenoxy) is 2. The summed E-state index contributed by atoms with van der Waals surface area (Å²) in [5, 5.41) is 12.3. The summed E-state index contributed by atoms with van der Waals surface area (Å²) in [6, 6.07) is 12.7. The number of aliphatic hydroxyl groups excluding tert-OH is 1. The number of anilines is 1. The predicted molar refractivity (Wildman–Crippen MR) is 214 cm³/mol. The number of carbonyl (C=O) groups excluding carboxylic acids is 1. The van der Waals surface area contributed by atoms with Gasteiger partial charge >= 0.3 is 0 Å². The molecule has 2 bridgehead atoms. The zero-order valence-electron chi connectivity index (χ0n) is 31.8. The highest BCUT2D eigenvalue weighted by molar-refractivity contribution is 7.84. The third-order valence-electron chi connectivity index (χ3n) is 11.8. The average molecular weight is 756 g/mol. The largest absolute Gasteiger partial charge is 0.491 e. The standard InChI is InChI=1S/C39H54ClN3O3S.C3H8O2/c1-4-8-29-21-33(40)15-18-36(29)32-24-43-23-31-13-17-35(31)28(12-16-34-11-5-6-20-41-34)10-7-9-26(2)27(3)47(45)42-39(44)30-14-19-38(46-25-32)37(43)22-30;1-5-3-2-4/h7,10,14-15,18-19,21-22,26-28,31-32,34-35,41H,4-6,8-9,11-13,16-17,20,23-25H2,1-3H3,(H,42,44);4H,2-3H2,1H3/b10-7+;/t26?,27?,28-,31?,32?,34?,35?,47?;/m0./s1. The lowest BCUT2D eigenvalue weighted by molar-refractivity contribution is 0.0982. The number of aryl methyl sites for hydroxylation is 1.